The largest absolute Gasteiger partial charge is 0.383 e. The van der Waals surface area contributed by atoms with Gasteiger partial charge in [-0.15, -0.1) is 0 Å². The topological polar surface area (TPSA) is 37.4 Å². The van der Waals surface area contributed by atoms with Crippen LogP contribution in [0.2, 0.25) is 0 Å². The van der Waals surface area contributed by atoms with Crippen molar-refractivity contribution in [3.8, 4) is 0 Å². The number of ether oxygens (including phenoxy) is 1. The van der Waals surface area contributed by atoms with E-state index in [4.69, 9.17) is 4.74 Å². The van der Waals surface area contributed by atoms with Gasteiger partial charge < -0.3 is 15.0 Å². The van der Waals surface area contributed by atoms with Gasteiger partial charge in [-0.2, -0.15) is 0 Å². The van der Waals surface area contributed by atoms with Crippen LogP contribution in [0.5, 0.6) is 0 Å². The summed E-state index contributed by atoms with van der Waals surface area (Å²) < 4.78 is 5.21. The highest BCUT2D eigenvalue weighted by Gasteiger charge is 2.18. The van der Waals surface area contributed by atoms with Crippen LogP contribution in [0.25, 0.3) is 0 Å². The fraction of sp³-hybridized carbons (Fsp3) is 0.667. The van der Waals surface area contributed by atoms with Crippen molar-refractivity contribution in [2.45, 2.75) is 39.8 Å². The van der Waals surface area contributed by atoms with Crippen LogP contribution < -0.4 is 10.2 Å². The highest BCUT2D eigenvalue weighted by Crippen LogP contribution is 2.25. The molecule has 0 spiro atoms. The summed E-state index contributed by atoms with van der Waals surface area (Å²) in [6.45, 7) is 11.2. The second-order valence-corrected chi connectivity index (χ2v) is 4.98. The zero-order valence-electron chi connectivity index (χ0n) is 12.8. The predicted octanol–water partition coefficient (Wildman–Crippen LogP) is 2.61. The molecule has 0 saturated heterocycles. The Morgan fingerprint density at radius 2 is 2.11 bits per heavy atom. The molecule has 1 unspecified atom stereocenters. The van der Waals surface area contributed by atoms with Gasteiger partial charge in [0.25, 0.3) is 0 Å². The molecule has 0 fully saturated rings. The molecule has 4 nitrogen and oxygen atoms in total. The lowest BCUT2D eigenvalue weighted by Crippen LogP contribution is -2.36. The van der Waals surface area contributed by atoms with Gasteiger partial charge in [0.2, 0.25) is 0 Å². The van der Waals surface area contributed by atoms with Crippen LogP contribution >= 0.6 is 0 Å². The Balaban J connectivity index is 3.01. The molecule has 0 aromatic carbocycles. The number of aromatic nitrogens is 1. The van der Waals surface area contributed by atoms with Gasteiger partial charge in [0.1, 0.15) is 5.82 Å². The Bertz CT molecular complexity index is 368. The number of hydrogen-bond donors (Lipinski definition) is 1. The van der Waals surface area contributed by atoms with Crippen molar-refractivity contribution in [2.24, 2.45) is 0 Å². The normalized spacial score (nSPS) is 12.7. The van der Waals surface area contributed by atoms with Crippen molar-refractivity contribution in [3.05, 3.63) is 23.9 Å². The van der Waals surface area contributed by atoms with Gasteiger partial charge in [0, 0.05) is 37.5 Å². The first-order chi connectivity index (χ1) is 9.11. The first kappa shape index (κ1) is 15.9. The zero-order chi connectivity index (χ0) is 14.3. The SMILES string of the molecule is CCNC(C)c1cccnc1N(CCOC)C(C)C. The summed E-state index contributed by atoms with van der Waals surface area (Å²) >= 11 is 0. The molecule has 1 aromatic heterocycles. The fourth-order valence-electron chi connectivity index (χ4n) is 2.20. The Morgan fingerprint density at radius 3 is 2.68 bits per heavy atom. The van der Waals surface area contributed by atoms with Crippen molar-refractivity contribution in [2.75, 3.05) is 31.7 Å². The molecule has 1 aromatic rings. The maximum Gasteiger partial charge on any atom is 0.133 e. The van der Waals surface area contributed by atoms with E-state index >= 15 is 0 Å². The van der Waals surface area contributed by atoms with E-state index in [2.05, 4.69) is 49.0 Å². The van der Waals surface area contributed by atoms with Crippen molar-refractivity contribution in [1.29, 1.82) is 0 Å². The lowest BCUT2D eigenvalue weighted by Gasteiger charge is -2.30. The third-order valence-corrected chi connectivity index (χ3v) is 3.23. The molecular weight excluding hydrogens is 238 g/mol. The van der Waals surface area contributed by atoms with Gasteiger partial charge in [0.05, 0.1) is 6.61 Å². The standard InChI is InChI=1S/C15H27N3O/c1-6-16-13(4)14-8-7-9-17-15(14)18(12(2)3)10-11-19-5/h7-9,12-13,16H,6,10-11H2,1-5H3. The van der Waals surface area contributed by atoms with Gasteiger partial charge in [0.15, 0.2) is 0 Å². The van der Waals surface area contributed by atoms with Gasteiger partial charge in [-0.05, 0) is 33.4 Å². The molecule has 0 aliphatic heterocycles. The third-order valence-electron chi connectivity index (χ3n) is 3.23. The minimum absolute atomic E-state index is 0.303. The molecule has 0 saturated carbocycles. The molecule has 0 bridgehead atoms. The second-order valence-electron chi connectivity index (χ2n) is 4.98. The van der Waals surface area contributed by atoms with Gasteiger partial charge >= 0.3 is 0 Å². The third kappa shape index (κ3) is 4.48. The summed E-state index contributed by atoms with van der Waals surface area (Å²) in [5.74, 6) is 1.06. The maximum atomic E-state index is 5.21. The molecule has 1 rings (SSSR count). The number of methoxy groups -OCH3 is 1. The minimum Gasteiger partial charge on any atom is -0.383 e. The van der Waals surface area contributed by atoms with E-state index in [0.717, 1.165) is 18.9 Å². The average Bonchev–Trinajstić information content (AvgIpc) is 2.39. The van der Waals surface area contributed by atoms with Crippen LogP contribution in [0, 0.1) is 0 Å². The Kier molecular flexibility index (Phi) is 6.81. The van der Waals surface area contributed by atoms with Crippen LogP contribution in [0.4, 0.5) is 5.82 Å². The van der Waals surface area contributed by atoms with E-state index in [1.807, 2.05) is 12.3 Å². The lowest BCUT2D eigenvalue weighted by molar-refractivity contribution is 0.203. The van der Waals surface area contributed by atoms with Crippen LogP contribution in [0.3, 0.4) is 0 Å². The molecule has 4 heteroatoms. The number of hydrogen-bond acceptors (Lipinski definition) is 4. The first-order valence-corrected chi connectivity index (χ1v) is 7.05. The molecule has 0 radical (unpaired) electrons. The highest BCUT2D eigenvalue weighted by atomic mass is 16.5. The summed E-state index contributed by atoms with van der Waals surface area (Å²) in [4.78, 5) is 6.89. The summed E-state index contributed by atoms with van der Waals surface area (Å²) in [6.07, 6.45) is 1.86. The number of nitrogens with zero attached hydrogens (tertiary/aromatic N) is 2. The summed E-state index contributed by atoms with van der Waals surface area (Å²) in [7, 11) is 1.74. The van der Waals surface area contributed by atoms with E-state index < -0.39 is 0 Å². The smallest absolute Gasteiger partial charge is 0.133 e. The zero-order valence-corrected chi connectivity index (χ0v) is 12.8. The molecule has 108 valence electrons. The Labute approximate surface area is 117 Å². The number of pyridine rings is 1. The molecule has 0 amide bonds. The molecule has 19 heavy (non-hydrogen) atoms. The van der Waals surface area contributed by atoms with Gasteiger partial charge in [-0.25, -0.2) is 4.98 Å². The van der Waals surface area contributed by atoms with Crippen molar-refractivity contribution >= 4 is 5.82 Å². The van der Waals surface area contributed by atoms with E-state index in [-0.39, 0.29) is 0 Å². The molecule has 1 N–H and O–H groups in total. The molecule has 1 heterocycles. The fourth-order valence-corrected chi connectivity index (χ4v) is 2.20. The lowest BCUT2D eigenvalue weighted by atomic mass is 10.1. The van der Waals surface area contributed by atoms with E-state index in [1.54, 1.807) is 7.11 Å². The van der Waals surface area contributed by atoms with Gasteiger partial charge in [-0.1, -0.05) is 13.0 Å². The number of anilines is 1. The van der Waals surface area contributed by atoms with Crippen molar-refractivity contribution < 1.29 is 4.74 Å². The predicted molar refractivity (Wildman–Crippen MR) is 80.7 cm³/mol. The second kappa shape index (κ2) is 8.12. The molecule has 0 aliphatic carbocycles. The summed E-state index contributed by atoms with van der Waals surface area (Å²) in [5.41, 5.74) is 1.24. The monoisotopic (exact) mass is 265 g/mol. The van der Waals surface area contributed by atoms with Crippen molar-refractivity contribution in [3.63, 3.8) is 0 Å². The van der Waals surface area contributed by atoms with Gasteiger partial charge in [-0.3, -0.25) is 0 Å². The van der Waals surface area contributed by atoms with Crippen LogP contribution in [-0.2, 0) is 4.74 Å². The first-order valence-electron chi connectivity index (χ1n) is 7.05. The number of rotatable bonds is 8. The summed E-state index contributed by atoms with van der Waals surface area (Å²) in [5, 5.41) is 3.45. The molecule has 0 aliphatic rings. The van der Waals surface area contributed by atoms with E-state index in [1.165, 1.54) is 5.56 Å². The Morgan fingerprint density at radius 1 is 1.37 bits per heavy atom. The highest BCUT2D eigenvalue weighted by molar-refractivity contribution is 5.49. The molecular formula is C15H27N3O. The quantitative estimate of drug-likeness (QED) is 0.784. The van der Waals surface area contributed by atoms with E-state index in [0.29, 0.717) is 18.7 Å². The van der Waals surface area contributed by atoms with E-state index in [9.17, 15) is 0 Å². The van der Waals surface area contributed by atoms with Crippen LogP contribution in [-0.4, -0.2) is 37.8 Å². The molecule has 1 atom stereocenters. The van der Waals surface area contributed by atoms with Crippen LogP contribution in [0.15, 0.2) is 18.3 Å². The van der Waals surface area contributed by atoms with Crippen molar-refractivity contribution in [1.82, 2.24) is 10.3 Å². The average molecular weight is 265 g/mol. The van der Waals surface area contributed by atoms with Crippen LogP contribution in [0.1, 0.15) is 39.3 Å². The Hall–Kier alpha value is -1.13. The summed E-state index contributed by atoms with van der Waals surface area (Å²) in [6, 6.07) is 4.86. The number of nitrogens with one attached hydrogen (secondary N) is 1. The maximum absolute atomic E-state index is 5.21. The minimum atomic E-state index is 0.303.